The van der Waals surface area contributed by atoms with E-state index in [1.807, 2.05) is 36.6 Å². The fourth-order valence-corrected chi connectivity index (χ4v) is 7.90. The molecule has 2 heterocycles. The number of aryl methyl sites for hydroxylation is 3. The molecule has 0 radical (unpaired) electrons. The lowest BCUT2D eigenvalue weighted by Crippen LogP contribution is -2.28. The van der Waals surface area contributed by atoms with E-state index in [4.69, 9.17) is 4.74 Å². The highest BCUT2D eigenvalue weighted by molar-refractivity contribution is 7.92. The summed E-state index contributed by atoms with van der Waals surface area (Å²) in [6, 6.07) is 5.90. The minimum absolute atomic E-state index is 0.189. The van der Waals surface area contributed by atoms with Crippen molar-refractivity contribution in [2.45, 2.75) is 53.0 Å². The molecule has 2 aromatic heterocycles. The van der Waals surface area contributed by atoms with Crippen molar-refractivity contribution in [3.05, 3.63) is 44.6 Å². The number of nitrogens with one attached hydrogen (secondary N) is 1. The number of thiophene rings is 1. The Balaban J connectivity index is 1.50. The van der Waals surface area contributed by atoms with E-state index in [2.05, 4.69) is 10.3 Å². The second kappa shape index (κ2) is 11.3. The van der Waals surface area contributed by atoms with Crippen molar-refractivity contribution >= 4 is 65.5 Å². The number of aromatic nitrogens is 1. The maximum absolute atomic E-state index is 12.7. The summed E-state index contributed by atoms with van der Waals surface area (Å²) in [6.07, 6.45) is 3.42. The number of nitrogens with zero attached hydrogens (tertiary/aromatic N) is 2. The summed E-state index contributed by atoms with van der Waals surface area (Å²) in [5, 5.41) is 2.88. The van der Waals surface area contributed by atoms with Crippen LogP contribution in [0.4, 0.5) is 5.00 Å². The summed E-state index contributed by atoms with van der Waals surface area (Å²) in [7, 11) is -4.09. The van der Waals surface area contributed by atoms with E-state index in [1.165, 1.54) is 22.7 Å². The molecule has 0 saturated carbocycles. The zero-order valence-electron chi connectivity index (χ0n) is 21.0. The van der Waals surface area contributed by atoms with Crippen molar-refractivity contribution in [1.82, 2.24) is 4.57 Å². The Hall–Kier alpha value is -2.83. The number of carbonyl (C=O) groups is 3. The van der Waals surface area contributed by atoms with E-state index < -0.39 is 39.1 Å². The first kappa shape index (κ1) is 27.2. The molecule has 4 rings (SSSR count). The molecule has 1 aromatic carbocycles. The van der Waals surface area contributed by atoms with E-state index >= 15 is 0 Å². The highest BCUT2D eigenvalue weighted by Crippen LogP contribution is 2.38. The second-order valence-corrected chi connectivity index (χ2v) is 13.0. The van der Waals surface area contributed by atoms with Gasteiger partial charge in [-0.15, -0.1) is 11.3 Å². The lowest BCUT2D eigenvalue weighted by Gasteiger charge is -2.12. The molecule has 9 nitrogen and oxygen atoms in total. The van der Waals surface area contributed by atoms with Gasteiger partial charge in [-0.25, -0.2) is 13.2 Å². The Kier molecular flexibility index (Phi) is 8.29. The van der Waals surface area contributed by atoms with Crippen LogP contribution in [-0.4, -0.2) is 48.9 Å². The van der Waals surface area contributed by atoms with Gasteiger partial charge in [-0.05, 0) is 69.7 Å². The molecule has 0 unspecified atom stereocenters. The van der Waals surface area contributed by atoms with Crippen LogP contribution < -0.4 is 10.1 Å². The summed E-state index contributed by atoms with van der Waals surface area (Å²) in [5.41, 5.74) is 3.16. The molecule has 12 heteroatoms. The number of carbonyl (C=O) groups excluding carboxylic acids is 3. The molecule has 1 N–H and O–H groups in total. The normalized spacial score (nSPS) is 14.0. The van der Waals surface area contributed by atoms with Crippen LogP contribution in [0.3, 0.4) is 0 Å². The van der Waals surface area contributed by atoms with E-state index in [0.29, 0.717) is 28.3 Å². The fraction of sp³-hybridized carbons (Fsp3) is 0.440. The van der Waals surface area contributed by atoms with Gasteiger partial charge in [0.05, 0.1) is 22.4 Å². The Bertz CT molecular complexity index is 1550. The quantitative estimate of drug-likeness (QED) is 0.418. The molecule has 1 aliphatic carbocycles. The Morgan fingerprint density at radius 3 is 2.59 bits per heavy atom. The fourth-order valence-electron chi connectivity index (χ4n) is 4.39. The summed E-state index contributed by atoms with van der Waals surface area (Å²) in [4.78, 5) is 43.3. The minimum atomic E-state index is -4.09. The van der Waals surface area contributed by atoms with Crippen molar-refractivity contribution in [3.63, 3.8) is 0 Å². The largest absolute Gasteiger partial charge is 0.462 e. The molecule has 3 aromatic rings. The van der Waals surface area contributed by atoms with Crippen LogP contribution >= 0.6 is 22.7 Å². The number of thiazole rings is 1. The molecule has 0 spiro atoms. The maximum Gasteiger partial charge on any atom is 0.341 e. The molecular weight excluding hydrogens is 534 g/mol. The SMILES string of the molecule is CCOC(=O)c1c(NC(=O)CS(=O)(=O)CC(=O)N=c2sc3cc(C)ccc3n2CC)sc2c1CCCC2. The smallest absolute Gasteiger partial charge is 0.341 e. The standard InChI is InChI=1S/C25H29N3O6S3/c1-4-28-17-11-10-15(3)12-19(17)36-25(28)27-21(30)14-37(32,33)13-20(29)26-23-22(24(31)34-5-2)16-8-6-7-9-18(16)35-23/h10-12H,4-9,13-14H2,1-3H3,(H,26,29). The number of esters is 1. The van der Waals surface area contributed by atoms with Crippen LogP contribution in [-0.2, 0) is 43.5 Å². The maximum atomic E-state index is 12.7. The van der Waals surface area contributed by atoms with Gasteiger partial charge in [0.2, 0.25) is 5.91 Å². The lowest BCUT2D eigenvalue weighted by atomic mass is 9.95. The van der Waals surface area contributed by atoms with E-state index in [1.54, 1.807) is 6.92 Å². The average Bonchev–Trinajstić information content (AvgIpc) is 3.34. The van der Waals surface area contributed by atoms with Crippen molar-refractivity contribution in [3.8, 4) is 0 Å². The van der Waals surface area contributed by atoms with Crippen LogP contribution in [0, 0.1) is 6.92 Å². The minimum Gasteiger partial charge on any atom is -0.462 e. The predicted molar refractivity (Wildman–Crippen MR) is 145 cm³/mol. The van der Waals surface area contributed by atoms with Gasteiger partial charge in [-0.1, -0.05) is 17.4 Å². The second-order valence-electron chi connectivity index (χ2n) is 8.82. The Morgan fingerprint density at radius 1 is 1.11 bits per heavy atom. The van der Waals surface area contributed by atoms with E-state index in [0.717, 1.165) is 45.5 Å². The number of amides is 2. The van der Waals surface area contributed by atoms with Gasteiger partial charge in [0.1, 0.15) is 16.5 Å². The third kappa shape index (κ3) is 6.19. The number of benzene rings is 1. The first-order chi connectivity index (χ1) is 17.6. The number of sulfone groups is 1. The van der Waals surface area contributed by atoms with Gasteiger partial charge in [-0.3, -0.25) is 9.59 Å². The highest BCUT2D eigenvalue weighted by atomic mass is 32.2. The average molecular weight is 564 g/mol. The topological polar surface area (TPSA) is 124 Å². The monoisotopic (exact) mass is 563 g/mol. The van der Waals surface area contributed by atoms with E-state index in [9.17, 15) is 22.8 Å². The molecule has 0 aliphatic heterocycles. The molecule has 0 bridgehead atoms. The van der Waals surface area contributed by atoms with E-state index in [-0.39, 0.29) is 6.61 Å². The van der Waals surface area contributed by atoms with Gasteiger partial charge < -0.3 is 14.6 Å². The van der Waals surface area contributed by atoms with Crippen LogP contribution in [0.15, 0.2) is 23.2 Å². The number of anilines is 1. The molecule has 37 heavy (non-hydrogen) atoms. The molecule has 1 aliphatic rings. The number of rotatable bonds is 8. The van der Waals surface area contributed by atoms with Gasteiger partial charge in [-0.2, -0.15) is 4.99 Å². The van der Waals surface area contributed by atoms with Gasteiger partial charge >= 0.3 is 5.97 Å². The van der Waals surface area contributed by atoms with Crippen molar-refractivity contribution in [1.29, 1.82) is 0 Å². The van der Waals surface area contributed by atoms with Crippen LogP contribution in [0.1, 0.15) is 53.1 Å². The molecule has 2 amide bonds. The molecule has 198 valence electrons. The Labute approximate surface area is 223 Å². The zero-order chi connectivity index (χ0) is 26.7. The molecular formula is C25H29N3O6S3. The molecule has 0 fully saturated rings. The summed E-state index contributed by atoms with van der Waals surface area (Å²) in [5.74, 6) is -3.95. The van der Waals surface area contributed by atoms with Crippen LogP contribution in [0.2, 0.25) is 0 Å². The number of hydrogen-bond acceptors (Lipinski definition) is 8. The van der Waals surface area contributed by atoms with Crippen molar-refractivity contribution in [2.24, 2.45) is 4.99 Å². The molecule has 0 atom stereocenters. The predicted octanol–water partition coefficient (Wildman–Crippen LogP) is 3.63. The van der Waals surface area contributed by atoms with Gasteiger partial charge in [0.15, 0.2) is 14.6 Å². The van der Waals surface area contributed by atoms with Gasteiger partial charge in [0, 0.05) is 11.4 Å². The third-order valence-electron chi connectivity index (χ3n) is 5.97. The third-order valence-corrected chi connectivity index (χ3v) is 9.61. The lowest BCUT2D eigenvalue weighted by molar-refractivity contribution is -0.115. The summed E-state index contributed by atoms with van der Waals surface area (Å²) < 4.78 is 33.3. The highest BCUT2D eigenvalue weighted by Gasteiger charge is 2.28. The molecule has 0 saturated heterocycles. The first-order valence-corrected chi connectivity index (χ1v) is 15.6. The first-order valence-electron chi connectivity index (χ1n) is 12.1. The van der Waals surface area contributed by atoms with Crippen LogP contribution in [0.5, 0.6) is 0 Å². The van der Waals surface area contributed by atoms with Crippen molar-refractivity contribution < 1.29 is 27.5 Å². The zero-order valence-corrected chi connectivity index (χ0v) is 23.4. The summed E-state index contributed by atoms with van der Waals surface area (Å²) >= 11 is 2.59. The van der Waals surface area contributed by atoms with Crippen LogP contribution in [0.25, 0.3) is 10.2 Å². The number of hydrogen-bond donors (Lipinski definition) is 1. The number of fused-ring (bicyclic) bond motifs is 2. The van der Waals surface area contributed by atoms with Gasteiger partial charge in [0.25, 0.3) is 5.91 Å². The number of ether oxygens (including phenoxy) is 1. The van der Waals surface area contributed by atoms with Crippen molar-refractivity contribution in [2.75, 3.05) is 23.4 Å². The Morgan fingerprint density at radius 2 is 1.86 bits per heavy atom. The summed E-state index contributed by atoms with van der Waals surface area (Å²) in [6.45, 7) is 6.34.